The lowest BCUT2D eigenvalue weighted by Gasteiger charge is -2.11. The minimum atomic E-state index is -0.168. The van der Waals surface area contributed by atoms with Crippen LogP contribution in [0.3, 0.4) is 0 Å². The Hall–Kier alpha value is -3.66. The largest absolute Gasteiger partial charge is 0.486 e. The van der Waals surface area contributed by atoms with Gasteiger partial charge in [0, 0.05) is 28.2 Å². The number of benzene rings is 3. The highest BCUT2D eigenvalue weighted by Gasteiger charge is 2.17. The minimum Gasteiger partial charge on any atom is -0.486 e. The maximum absolute atomic E-state index is 12.7. The van der Waals surface area contributed by atoms with Gasteiger partial charge < -0.3 is 10.1 Å². The zero-order chi connectivity index (χ0) is 25.5. The number of aromatic nitrogens is 4. The molecule has 7 nitrogen and oxygen atoms in total. The number of nitrogens with one attached hydrogen (secondary N) is 1. The number of nitrogens with zero attached hydrogens (tertiary/aromatic N) is 4. The first-order valence-electron chi connectivity index (χ1n) is 11.4. The minimum absolute atomic E-state index is 0.160. The molecule has 37 heavy (non-hydrogen) atoms. The van der Waals surface area contributed by atoms with Gasteiger partial charge in [-0.2, -0.15) is 0 Å². The summed E-state index contributed by atoms with van der Waals surface area (Å²) >= 11 is 8.83. The molecule has 2 heterocycles. The van der Waals surface area contributed by atoms with Crippen molar-refractivity contribution in [2.75, 3.05) is 11.1 Å². The molecule has 0 bridgehead atoms. The van der Waals surface area contributed by atoms with E-state index >= 15 is 0 Å². The lowest BCUT2D eigenvalue weighted by atomic mass is 10.1. The van der Waals surface area contributed by atoms with Crippen molar-refractivity contribution in [3.8, 4) is 11.4 Å². The van der Waals surface area contributed by atoms with Crippen molar-refractivity contribution in [1.29, 1.82) is 0 Å². The average molecular weight is 548 g/mol. The number of rotatable bonds is 10. The lowest BCUT2D eigenvalue weighted by Crippen LogP contribution is -2.14. The first kappa shape index (κ1) is 25.0. The number of thioether (sulfide) groups is 1. The van der Waals surface area contributed by atoms with Gasteiger partial charge in [0.25, 0.3) is 0 Å². The van der Waals surface area contributed by atoms with Crippen LogP contribution < -0.4 is 10.1 Å². The van der Waals surface area contributed by atoms with Gasteiger partial charge in [0.05, 0.1) is 5.75 Å². The summed E-state index contributed by atoms with van der Waals surface area (Å²) in [6.45, 7) is 0.243. The number of ether oxygens (including phenoxy) is 1. The van der Waals surface area contributed by atoms with E-state index in [1.165, 1.54) is 23.1 Å². The number of hydrogen-bond acceptors (Lipinski definition) is 7. The molecule has 1 N–H and O–H groups in total. The summed E-state index contributed by atoms with van der Waals surface area (Å²) in [6, 6.07) is 27.0. The number of hydrogen-bond donors (Lipinski definition) is 1. The zero-order valence-corrected chi connectivity index (χ0v) is 22.0. The van der Waals surface area contributed by atoms with Crippen LogP contribution in [0.1, 0.15) is 16.3 Å². The van der Waals surface area contributed by atoms with E-state index in [0.717, 1.165) is 21.9 Å². The molecule has 0 unspecified atom stereocenters. The third kappa shape index (κ3) is 6.76. The van der Waals surface area contributed by atoms with Crippen molar-refractivity contribution in [1.82, 2.24) is 19.7 Å². The molecule has 5 aromatic rings. The van der Waals surface area contributed by atoms with E-state index in [2.05, 4.69) is 20.5 Å². The Bertz CT molecular complexity index is 1470. The summed E-state index contributed by atoms with van der Waals surface area (Å²) in [7, 11) is 0. The van der Waals surface area contributed by atoms with Gasteiger partial charge in [-0.1, -0.05) is 71.9 Å². The molecule has 1 amide bonds. The summed E-state index contributed by atoms with van der Waals surface area (Å²) in [5.41, 5.74) is 1.99. The fourth-order valence-corrected chi connectivity index (χ4v) is 5.42. The number of amides is 1. The molecule has 0 aliphatic rings. The van der Waals surface area contributed by atoms with Gasteiger partial charge >= 0.3 is 0 Å². The number of thiazole rings is 1. The fourth-order valence-electron chi connectivity index (χ4n) is 3.57. The van der Waals surface area contributed by atoms with Crippen LogP contribution in [0.2, 0.25) is 5.02 Å². The topological polar surface area (TPSA) is 81.9 Å². The molecule has 0 fully saturated rings. The van der Waals surface area contributed by atoms with Crippen LogP contribution in [0.15, 0.2) is 96.3 Å². The van der Waals surface area contributed by atoms with Crippen LogP contribution in [0.5, 0.6) is 5.75 Å². The Morgan fingerprint density at radius 3 is 2.57 bits per heavy atom. The molecule has 2 aromatic heterocycles. The molecule has 0 saturated carbocycles. The van der Waals surface area contributed by atoms with Gasteiger partial charge in [-0.15, -0.1) is 21.5 Å². The Morgan fingerprint density at radius 2 is 1.78 bits per heavy atom. The van der Waals surface area contributed by atoms with Gasteiger partial charge in [-0.05, 0) is 42.0 Å². The molecule has 0 atom stereocenters. The molecular formula is C27H22ClN5O2S2. The summed E-state index contributed by atoms with van der Waals surface area (Å²) in [4.78, 5) is 18.1. The third-order valence-corrected chi connectivity index (χ3v) is 7.30. The maximum atomic E-state index is 12.7. The monoisotopic (exact) mass is 547 g/mol. The van der Waals surface area contributed by atoms with Gasteiger partial charge in [0.15, 0.2) is 16.1 Å². The van der Waals surface area contributed by atoms with Crippen molar-refractivity contribution in [3.05, 3.63) is 112 Å². The summed E-state index contributed by atoms with van der Waals surface area (Å²) in [6.07, 6.45) is 2.48. The second-order valence-corrected chi connectivity index (χ2v) is 10.4. The van der Waals surface area contributed by atoms with Crippen molar-refractivity contribution in [2.45, 2.75) is 18.2 Å². The quantitative estimate of drug-likeness (QED) is 0.207. The first-order chi connectivity index (χ1) is 18.1. The van der Waals surface area contributed by atoms with Crippen molar-refractivity contribution >= 4 is 45.7 Å². The molecule has 0 aliphatic heterocycles. The standard InChI is InChI=1S/C27H22ClN5O2S2/c28-20-9-7-8-19(14-20)15-23-16-29-26(37-23)30-25(34)18-36-27-32-31-24(17-35-22-12-5-2-6-13-22)33(27)21-10-3-1-4-11-21/h1-14,16H,15,17-18H2,(H,29,30,34). The number of carbonyl (C=O) groups is 1. The third-order valence-electron chi connectivity index (χ3n) is 5.23. The first-order valence-corrected chi connectivity index (χ1v) is 13.6. The van der Waals surface area contributed by atoms with Gasteiger partial charge in [-0.25, -0.2) is 4.98 Å². The Morgan fingerprint density at radius 1 is 1.00 bits per heavy atom. The zero-order valence-electron chi connectivity index (χ0n) is 19.6. The van der Waals surface area contributed by atoms with Crippen molar-refractivity contribution < 1.29 is 9.53 Å². The predicted octanol–water partition coefficient (Wildman–Crippen LogP) is 6.28. The van der Waals surface area contributed by atoms with E-state index in [1.54, 1.807) is 6.20 Å². The maximum Gasteiger partial charge on any atom is 0.236 e. The average Bonchev–Trinajstić information content (AvgIpc) is 3.53. The predicted molar refractivity (Wildman–Crippen MR) is 148 cm³/mol. The van der Waals surface area contributed by atoms with E-state index in [9.17, 15) is 4.79 Å². The lowest BCUT2D eigenvalue weighted by molar-refractivity contribution is -0.113. The second kappa shape index (κ2) is 12.1. The molecule has 3 aromatic carbocycles. The van der Waals surface area contributed by atoms with Crippen molar-refractivity contribution in [2.24, 2.45) is 0 Å². The number of para-hydroxylation sites is 2. The Balaban J connectivity index is 1.23. The van der Waals surface area contributed by atoms with Gasteiger partial charge in [0.2, 0.25) is 5.91 Å². The normalized spacial score (nSPS) is 10.8. The second-order valence-electron chi connectivity index (χ2n) is 7.95. The van der Waals surface area contributed by atoms with Gasteiger partial charge in [-0.3, -0.25) is 9.36 Å². The molecule has 0 radical (unpaired) electrons. The summed E-state index contributed by atoms with van der Waals surface area (Å²) in [5, 5.41) is 13.4. The molecule has 5 rings (SSSR count). The number of carbonyl (C=O) groups excluding carboxylic acids is 1. The van der Waals surface area contributed by atoms with E-state index in [1.807, 2.05) is 89.5 Å². The Kier molecular flexibility index (Phi) is 8.15. The molecular weight excluding hydrogens is 526 g/mol. The van der Waals surface area contributed by atoms with Crippen LogP contribution in [0, 0.1) is 0 Å². The van der Waals surface area contributed by atoms with Crippen LogP contribution >= 0.6 is 34.7 Å². The highest BCUT2D eigenvalue weighted by Crippen LogP contribution is 2.25. The highest BCUT2D eigenvalue weighted by molar-refractivity contribution is 7.99. The van der Waals surface area contributed by atoms with E-state index < -0.39 is 0 Å². The number of halogens is 1. The van der Waals surface area contributed by atoms with Crippen LogP contribution in [0.4, 0.5) is 5.13 Å². The molecule has 0 saturated heterocycles. The van der Waals surface area contributed by atoms with Crippen LogP contribution in [-0.4, -0.2) is 31.4 Å². The summed E-state index contributed by atoms with van der Waals surface area (Å²) < 4.78 is 7.81. The van der Waals surface area contributed by atoms with E-state index in [4.69, 9.17) is 16.3 Å². The van der Waals surface area contributed by atoms with Crippen LogP contribution in [0.25, 0.3) is 5.69 Å². The SMILES string of the molecule is O=C(CSc1nnc(COc2ccccc2)n1-c1ccccc1)Nc1ncc(Cc2cccc(Cl)c2)s1. The molecule has 186 valence electrons. The van der Waals surface area contributed by atoms with E-state index in [-0.39, 0.29) is 18.3 Å². The van der Waals surface area contributed by atoms with E-state index in [0.29, 0.717) is 27.6 Å². The van der Waals surface area contributed by atoms with Crippen molar-refractivity contribution in [3.63, 3.8) is 0 Å². The summed E-state index contributed by atoms with van der Waals surface area (Å²) in [5.74, 6) is 1.38. The Labute approximate surface area is 227 Å². The van der Waals surface area contributed by atoms with Gasteiger partial charge in [0.1, 0.15) is 12.4 Å². The number of anilines is 1. The fraction of sp³-hybridized carbons (Fsp3) is 0.111. The molecule has 0 aliphatic carbocycles. The van der Waals surface area contributed by atoms with Crippen LogP contribution in [-0.2, 0) is 17.8 Å². The molecule has 10 heteroatoms. The molecule has 0 spiro atoms. The highest BCUT2D eigenvalue weighted by atomic mass is 35.5. The smallest absolute Gasteiger partial charge is 0.236 e.